The Hall–Kier alpha value is -3.76. The third-order valence-corrected chi connectivity index (χ3v) is 4.39. The minimum atomic E-state index is -4.59. The van der Waals surface area contributed by atoms with Crippen molar-refractivity contribution in [2.24, 2.45) is 0 Å². The first-order valence-electron chi connectivity index (χ1n) is 11.0. The minimum absolute atomic E-state index is 0.191. The van der Waals surface area contributed by atoms with Crippen molar-refractivity contribution in [3.05, 3.63) is 66.4 Å². The van der Waals surface area contributed by atoms with E-state index in [2.05, 4.69) is 15.3 Å². The second-order valence-electron chi connectivity index (χ2n) is 6.66. The maximum Gasteiger partial charge on any atom is 0.450 e. The van der Waals surface area contributed by atoms with Crippen LogP contribution >= 0.6 is 0 Å². The van der Waals surface area contributed by atoms with Crippen molar-refractivity contribution in [1.82, 2.24) is 14.5 Å². The van der Waals surface area contributed by atoms with Crippen molar-refractivity contribution in [2.75, 3.05) is 26.1 Å². The van der Waals surface area contributed by atoms with Crippen LogP contribution in [0.3, 0.4) is 0 Å². The standard InChI is InChI=1S/C15H13F3N4O.C8H10F2O.C2H6/c1-19-13-6-3-9(8-20-13)22-12-5-4-10(23-2)7-11(12)21-14(22)15(16,17)18;9-6-3-1-2-4-8(10)5-7-11;1-2/h3-8H,1-2H3,(H,19,20);1,3-4,7H,2,5-6H2;1-2H3/b;3-1-,8-4+;. The Kier molecular flexibility index (Phi) is 12.8. The van der Waals surface area contributed by atoms with Gasteiger partial charge in [0.1, 0.15) is 30.4 Å². The summed E-state index contributed by atoms with van der Waals surface area (Å²) < 4.78 is 69.9. The number of hydrogen-bond acceptors (Lipinski definition) is 5. The average molecular weight is 513 g/mol. The molecule has 0 aliphatic rings. The molecular weight excluding hydrogens is 483 g/mol. The van der Waals surface area contributed by atoms with Gasteiger partial charge < -0.3 is 14.8 Å². The molecule has 0 atom stereocenters. The van der Waals surface area contributed by atoms with E-state index in [0.29, 0.717) is 29.8 Å². The van der Waals surface area contributed by atoms with Crippen molar-refractivity contribution in [2.45, 2.75) is 32.9 Å². The van der Waals surface area contributed by atoms with Crippen LogP contribution in [0.15, 0.2) is 60.6 Å². The molecule has 0 saturated carbocycles. The predicted octanol–water partition coefficient (Wildman–Crippen LogP) is 6.86. The number of anilines is 1. The minimum Gasteiger partial charge on any atom is -0.497 e. The number of carbonyl (C=O) groups is 1. The Balaban J connectivity index is 0.000000423. The second-order valence-corrected chi connectivity index (χ2v) is 6.66. The molecule has 0 bridgehead atoms. The molecule has 0 unspecified atom stereocenters. The lowest BCUT2D eigenvalue weighted by Crippen LogP contribution is -2.14. The maximum atomic E-state index is 13.4. The van der Waals surface area contributed by atoms with E-state index < -0.39 is 24.5 Å². The molecule has 196 valence electrons. The van der Waals surface area contributed by atoms with Crippen molar-refractivity contribution < 1.29 is 31.5 Å². The van der Waals surface area contributed by atoms with Gasteiger partial charge >= 0.3 is 6.18 Å². The van der Waals surface area contributed by atoms with Crippen molar-refractivity contribution in [3.8, 4) is 11.4 Å². The lowest BCUT2D eigenvalue weighted by molar-refractivity contribution is -0.145. The molecule has 3 aromatic rings. The molecule has 0 saturated heterocycles. The van der Waals surface area contributed by atoms with Gasteiger partial charge in [-0.3, -0.25) is 4.57 Å². The van der Waals surface area contributed by atoms with Crippen molar-refractivity contribution in [1.29, 1.82) is 0 Å². The molecule has 0 amide bonds. The summed E-state index contributed by atoms with van der Waals surface area (Å²) in [5.41, 5.74) is 0.815. The molecule has 36 heavy (non-hydrogen) atoms. The van der Waals surface area contributed by atoms with Crippen LogP contribution in [0.2, 0.25) is 0 Å². The number of alkyl halides is 4. The Bertz CT molecular complexity index is 1140. The number of fused-ring (bicyclic) bond motifs is 1. The summed E-state index contributed by atoms with van der Waals surface area (Å²) in [4.78, 5) is 17.5. The lowest BCUT2D eigenvalue weighted by Gasteiger charge is -2.11. The summed E-state index contributed by atoms with van der Waals surface area (Å²) in [7, 11) is 3.13. The van der Waals surface area contributed by atoms with Crippen LogP contribution in [0, 0.1) is 0 Å². The number of carbonyl (C=O) groups excluding carboxylic acids is 1. The molecule has 2 aromatic heterocycles. The highest BCUT2D eigenvalue weighted by Gasteiger charge is 2.38. The van der Waals surface area contributed by atoms with Crippen LogP contribution in [0.1, 0.15) is 32.5 Å². The van der Waals surface area contributed by atoms with E-state index >= 15 is 0 Å². The van der Waals surface area contributed by atoms with Crippen molar-refractivity contribution >= 4 is 23.1 Å². The maximum absolute atomic E-state index is 13.4. The molecule has 1 N–H and O–H groups in total. The number of halogens is 5. The van der Waals surface area contributed by atoms with E-state index in [0.717, 1.165) is 4.57 Å². The van der Waals surface area contributed by atoms with Gasteiger partial charge in [0.25, 0.3) is 0 Å². The highest BCUT2D eigenvalue weighted by molar-refractivity contribution is 5.80. The first-order valence-corrected chi connectivity index (χ1v) is 11.0. The first-order chi connectivity index (χ1) is 17.2. The number of aldehydes is 1. The molecule has 6 nitrogen and oxygen atoms in total. The molecule has 2 heterocycles. The van der Waals surface area contributed by atoms with Gasteiger partial charge in [0, 0.05) is 13.1 Å². The number of aromatic nitrogens is 3. The van der Waals surface area contributed by atoms with Crippen molar-refractivity contribution in [3.63, 3.8) is 0 Å². The van der Waals surface area contributed by atoms with Gasteiger partial charge in [0.2, 0.25) is 5.82 Å². The zero-order valence-electron chi connectivity index (χ0n) is 20.4. The lowest BCUT2D eigenvalue weighted by atomic mass is 10.3. The number of ether oxygens (including phenoxy) is 1. The summed E-state index contributed by atoms with van der Waals surface area (Å²) >= 11 is 0. The Morgan fingerprint density at radius 3 is 2.42 bits per heavy atom. The van der Waals surface area contributed by atoms with Crippen LogP contribution < -0.4 is 10.1 Å². The fourth-order valence-corrected chi connectivity index (χ4v) is 2.82. The van der Waals surface area contributed by atoms with Gasteiger partial charge in [0.05, 0.1) is 36.4 Å². The second kappa shape index (κ2) is 15.3. The summed E-state index contributed by atoms with van der Waals surface area (Å²) in [5, 5.41) is 2.82. The fraction of sp³-hybridized carbons (Fsp3) is 0.320. The number of nitrogens with one attached hydrogen (secondary N) is 1. The largest absolute Gasteiger partial charge is 0.497 e. The SMILES string of the molecule is CC.CNc1ccc(-n2c(C(F)(F)F)nc3cc(OC)ccc32)cn1.O=CC/C(F)=C\C/C=C\CF. The van der Waals surface area contributed by atoms with E-state index in [9.17, 15) is 26.7 Å². The van der Waals surface area contributed by atoms with E-state index in [-0.39, 0.29) is 17.6 Å². The van der Waals surface area contributed by atoms with E-state index in [4.69, 9.17) is 4.74 Å². The summed E-state index contributed by atoms with van der Waals surface area (Å²) in [6, 6.07) is 7.76. The molecule has 0 aliphatic heterocycles. The van der Waals surface area contributed by atoms with Gasteiger partial charge in [-0.25, -0.2) is 18.7 Å². The number of benzene rings is 1. The number of pyridine rings is 1. The number of allylic oxidation sites excluding steroid dienone is 4. The highest BCUT2D eigenvalue weighted by Crippen LogP contribution is 2.34. The highest BCUT2D eigenvalue weighted by atomic mass is 19.4. The van der Waals surface area contributed by atoms with Gasteiger partial charge in [-0.05, 0) is 36.8 Å². The molecule has 3 rings (SSSR count). The number of imidazole rings is 1. The number of hydrogen-bond donors (Lipinski definition) is 1. The van der Waals surface area contributed by atoms with E-state index in [1.165, 1.54) is 37.6 Å². The fourth-order valence-electron chi connectivity index (χ4n) is 2.82. The third-order valence-electron chi connectivity index (χ3n) is 4.39. The van der Waals surface area contributed by atoms with Gasteiger partial charge in [-0.1, -0.05) is 26.0 Å². The van der Waals surface area contributed by atoms with Gasteiger partial charge in [-0.2, -0.15) is 13.2 Å². The molecular formula is C25H29F5N4O2. The molecule has 0 aliphatic carbocycles. The molecule has 0 radical (unpaired) electrons. The van der Waals surface area contributed by atoms with Crippen LogP contribution in [0.5, 0.6) is 5.75 Å². The molecule has 1 aromatic carbocycles. The predicted molar refractivity (Wildman–Crippen MR) is 131 cm³/mol. The van der Waals surface area contributed by atoms with E-state index in [1.54, 1.807) is 31.3 Å². The molecule has 0 fully saturated rings. The summed E-state index contributed by atoms with van der Waals surface area (Å²) in [6.07, 6.45) is 1.47. The zero-order chi connectivity index (χ0) is 27.1. The Labute approximate surface area is 206 Å². The topological polar surface area (TPSA) is 69.0 Å². The monoisotopic (exact) mass is 512 g/mol. The van der Waals surface area contributed by atoms with Gasteiger partial charge in [-0.15, -0.1) is 0 Å². The third kappa shape index (κ3) is 8.79. The summed E-state index contributed by atoms with van der Waals surface area (Å²) in [5.74, 6) is -0.462. The average Bonchev–Trinajstić information content (AvgIpc) is 3.28. The summed E-state index contributed by atoms with van der Waals surface area (Å²) in [6.45, 7) is 3.46. The molecule has 11 heteroatoms. The van der Waals surface area contributed by atoms with Crippen LogP contribution in [-0.4, -0.2) is 41.7 Å². The number of methoxy groups -OCH3 is 1. The first kappa shape index (κ1) is 30.3. The number of rotatable bonds is 8. The van der Waals surface area contributed by atoms with E-state index in [1.807, 2.05) is 13.8 Å². The Morgan fingerprint density at radius 1 is 1.17 bits per heavy atom. The smallest absolute Gasteiger partial charge is 0.450 e. The molecule has 0 spiro atoms. The Morgan fingerprint density at radius 2 is 1.89 bits per heavy atom. The van der Waals surface area contributed by atoms with Crippen LogP contribution in [0.4, 0.5) is 27.8 Å². The quantitative estimate of drug-likeness (QED) is 0.203. The van der Waals surface area contributed by atoms with Gasteiger partial charge in [0.15, 0.2) is 0 Å². The van der Waals surface area contributed by atoms with Crippen LogP contribution in [0.25, 0.3) is 16.7 Å². The normalized spacial score (nSPS) is 11.4. The number of nitrogens with zero attached hydrogens (tertiary/aromatic N) is 3. The van der Waals surface area contributed by atoms with Crippen LogP contribution in [-0.2, 0) is 11.0 Å². The zero-order valence-corrected chi connectivity index (χ0v) is 20.4.